The van der Waals surface area contributed by atoms with Crippen molar-refractivity contribution in [2.45, 2.75) is 13.3 Å². The summed E-state index contributed by atoms with van der Waals surface area (Å²) < 4.78 is 0. The van der Waals surface area contributed by atoms with Crippen LogP contribution in [0.25, 0.3) is 0 Å². The highest BCUT2D eigenvalue weighted by molar-refractivity contribution is 5.89. The molecule has 0 saturated carbocycles. The largest absolute Gasteiger partial charge is 0.387 e. The second-order valence-corrected chi connectivity index (χ2v) is 2.53. The van der Waals surface area contributed by atoms with Crippen LogP contribution in [0.1, 0.15) is 11.5 Å². The molecule has 11 heavy (non-hydrogen) atoms. The molecule has 56 valence electrons. The molecule has 0 spiro atoms. The van der Waals surface area contributed by atoms with Gasteiger partial charge in [-0.25, -0.2) is 15.0 Å². The van der Waals surface area contributed by atoms with Crippen LogP contribution in [0.5, 0.6) is 0 Å². The number of fused-ring (bicyclic) bond motifs is 1. The Bertz CT molecular complexity index is 329. The Morgan fingerprint density at radius 3 is 3.18 bits per heavy atom. The normalized spacial score (nSPS) is 14.5. The highest BCUT2D eigenvalue weighted by atomic mass is 15.0. The zero-order chi connectivity index (χ0) is 7.84. The standard InChI is InChI=1S/C7H8N4/c1-4-9-3-6-5(10-4)2-7(8)11-6/h3H,2H2,1H3,(H2,8,11). The Balaban J connectivity index is 2.52. The summed E-state index contributed by atoms with van der Waals surface area (Å²) >= 11 is 0. The smallest absolute Gasteiger partial charge is 0.125 e. The summed E-state index contributed by atoms with van der Waals surface area (Å²) in [6.45, 7) is 1.86. The van der Waals surface area contributed by atoms with Crippen molar-refractivity contribution in [3.8, 4) is 0 Å². The summed E-state index contributed by atoms with van der Waals surface area (Å²) in [6.07, 6.45) is 2.37. The average Bonchev–Trinajstić information content (AvgIpc) is 2.27. The first-order valence-electron chi connectivity index (χ1n) is 3.41. The van der Waals surface area contributed by atoms with Gasteiger partial charge in [-0.1, -0.05) is 0 Å². The molecule has 2 rings (SSSR count). The van der Waals surface area contributed by atoms with E-state index >= 15 is 0 Å². The van der Waals surface area contributed by atoms with Crippen molar-refractivity contribution in [3.63, 3.8) is 0 Å². The summed E-state index contributed by atoms with van der Waals surface area (Å²) in [5, 5.41) is 0. The molecule has 1 aliphatic rings. The lowest BCUT2D eigenvalue weighted by atomic mass is 10.3. The molecule has 0 unspecified atom stereocenters. The first kappa shape index (κ1) is 6.27. The van der Waals surface area contributed by atoms with Gasteiger partial charge in [0.05, 0.1) is 11.9 Å². The Hall–Kier alpha value is -1.45. The van der Waals surface area contributed by atoms with Gasteiger partial charge in [-0.15, -0.1) is 0 Å². The van der Waals surface area contributed by atoms with E-state index in [2.05, 4.69) is 15.0 Å². The third-order valence-electron chi connectivity index (χ3n) is 1.58. The van der Waals surface area contributed by atoms with Crippen molar-refractivity contribution < 1.29 is 0 Å². The van der Waals surface area contributed by atoms with Crippen LogP contribution < -0.4 is 5.73 Å². The lowest BCUT2D eigenvalue weighted by Gasteiger charge is -1.94. The molecule has 1 aromatic heterocycles. The Morgan fingerprint density at radius 1 is 1.55 bits per heavy atom. The van der Waals surface area contributed by atoms with Gasteiger partial charge in [0.15, 0.2) is 0 Å². The number of rotatable bonds is 0. The molecule has 2 heterocycles. The average molecular weight is 148 g/mol. The summed E-state index contributed by atoms with van der Waals surface area (Å²) in [7, 11) is 0. The molecule has 0 saturated heterocycles. The fourth-order valence-electron chi connectivity index (χ4n) is 1.10. The molecule has 0 bridgehead atoms. The molecule has 0 atom stereocenters. The molecular weight excluding hydrogens is 140 g/mol. The molecule has 1 aliphatic heterocycles. The quantitative estimate of drug-likeness (QED) is 0.576. The van der Waals surface area contributed by atoms with Gasteiger partial charge in [0.1, 0.15) is 17.3 Å². The van der Waals surface area contributed by atoms with Crippen molar-refractivity contribution in [2.24, 2.45) is 10.7 Å². The first-order valence-corrected chi connectivity index (χ1v) is 3.41. The van der Waals surface area contributed by atoms with Crippen molar-refractivity contribution in [3.05, 3.63) is 17.7 Å². The van der Waals surface area contributed by atoms with E-state index < -0.39 is 0 Å². The van der Waals surface area contributed by atoms with E-state index in [-0.39, 0.29) is 0 Å². The van der Waals surface area contributed by atoms with Crippen LogP contribution >= 0.6 is 0 Å². The predicted octanol–water partition coefficient (Wildman–Crippen LogP) is 0.330. The van der Waals surface area contributed by atoms with Gasteiger partial charge in [-0.3, -0.25) is 0 Å². The van der Waals surface area contributed by atoms with Gasteiger partial charge in [-0.05, 0) is 6.92 Å². The van der Waals surface area contributed by atoms with Gasteiger partial charge in [0.2, 0.25) is 0 Å². The maximum Gasteiger partial charge on any atom is 0.125 e. The van der Waals surface area contributed by atoms with E-state index in [0.29, 0.717) is 12.3 Å². The second-order valence-electron chi connectivity index (χ2n) is 2.53. The molecule has 4 nitrogen and oxygen atoms in total. The fourth-order valence-corrected chi connectivity index (χ4v) is 1.10. The fraction of sp³-hybridized carbons (Fsp3) is 0.286. The van der Waals surface area contributed by atoms with Crippen molar-refractivity contribution in [1.29, 1.82) is 0 Å². The van der Waals surface area contributed by atoms with E-state index in [0.717, 1.165) is 17.2 Å². The van der Waals surface area contributed by atoms with Crippen LogP contribution in [0.2, 0.25) is 0 Å². The van der Waals surface area contributed by atoms with E-state index in [4.69, 9.17) is 5.73 Å². The minimum atomic E-state index is 0.625. The van der Waals surface area contributed by atoms with Crippen LogP contribution in [0, 0.1) is 6.92 Å². The molecule has 0 fully saturated rings. The summed E-state index contributed by atoms with van der Waals surface area (Å²) in [6, 6.07) is 0. The van der Waals surface area contributed by atoms with Gasteiger partial charge in [0.25, 0.3) is 0 Å². The third-order valence-corrected chi connectivity index (χ3v) is 1.58. The maximum atomic E-state index is 5.52. The number of amidine groups is 1. The molecule has 0 aromatic carbocycles. The second kappa shape index (κ2) is 2.02. The zero-order valence-electron chi connectivity index (χ0n) is 6.20. The van der Waals surface area contributed by atoms with Gasteiger partial charge >= 0.3 is 0 Å². The number of aryl methyl sites for hydroxylation is 1. The van der Waals surface area contributed by atoms with E-state index in [1.807, 2.05) is 6.92 Å². The monoisotopic (exact) mass is 148 g/mol. The number of nitrogens with two attached hydrogens (primary N) is 1. The number of hydrogen-bond acceptors (Lipinski definition) is 4. The van der Waals surface area contributed by atoms with E-state index in [1.54, 1.807) is 6.20 Å². The Kier molecular flexibility index (Phi) is 1.15. The minimum absolute atomic E-state index is 0.625. The molecule has 0 radical (unpaired) electrons. The van der Waals surface area contributed by atoms with Gasteiger partial charge < -0.3 is 5.73 Å². The number of aliphatic imine (C=N–C) groups is 1. The van der Waals surface area contributed by atoms with Crippen molar-refractivity contribution in [2.75, 3.05) is 0 Å². The van der Waals surface area contributed by atoms with E-state index in [1.165, 1.54) is 0 Å². The van der Waals surface area contributed by atoms with Crippen LogP contribution in [-0.2, 0) is 6.42 Å². The van der Waals surface area contributed by atoms with Gasteiger partial charge in [-0.2, -0.15) is 0 Å². The van der Waals surface area contributed by atoms with Crippen molar-refractivity contribution >= 4 is 11.5 Å². The molecule has 2 N–H and O–H groups in total. The van der Waals surface area contributed by atoms with E-state index in [9.17, 15) is 0 Å². The highest BCUT2D eigenvalue weighted by Crippen LogP contribution is 2.21. The lowest BCUT2D eigenvalue weighted by molar-refractivity contribution is 1.00. The first-order chi connectivity index (χ1) is 5.25. The van der Waals surface area contributed by atoms with Crippen LogP contribution in [-0.4, -0.2) is 15.8 Å². The molecule has 1 aromatic rings. The predicted molar refractivity (Wildman–Crippen MR) is 41.8 cm³/mol. The topological polar surface area (TPSA) is 64.2 Å². The third kappa shape index (κ3) is 0.960. The molecule has 0 amide bonds. The SMILES string of the molecule is Cc1ncc2c(n1)CC(N)=N2. The molecular formula is C7H8N4. The molecule has 0 aliphatic carbocycles. The van der Waals surface area contributed by atoms with Crippen LogP contribution in [0.15, 0.2) is 11.2 Å². The van der Waals surface area contributed by atoms with Crippen molar-refractivity contribution in [1.82, 2.24) is 9.97 Å². The minimum Gasteiger partial charge on any atom is -0.387 e. The Labute approximate surface area is 64.2 Å². The molecule has 4 heteroatoms. The Morgan fingerprint density at radius 2 is 2.36 bits per heavy atom. The number of hydrogen-bond donors (Lipinski definition) is 1. The number of aromatic nitrogens is 2. The maximum absolute atomic E-state index is 5.52. The summed E-state index contributed by atoms with van der Waals surface area (Å²) in [5.74, 6) is 1.40. The number of nitrogens with zero attached hydrogens (tertiary/aromatic N) is 3. The van der Waals surface area contributed by atoms with Crippen LogP contribution in [0.4, 0.5) is 5.69 Å². The zero-order valence-corrected chi connectivity index (χ0v) is 6.20. The van der Waals surface area contributed by atoms with Crippen LogP contribution in [0.3, 0.4) is 0 Å². The highest BCUT2D eigenvalue weighted by Gasteiger charge is 2.13. The summed E-state index contributed by atoms with van der Waals surface area (Å²) in [4.78, 5) is 12.3. The van der Waals surface area contributed by atoms with Gasteiger partial charge in [0, 0.05) is 6.42 Å². The summed E-state index contributed by atoms with van der Waals surface area (Å²) in [5.41, 5.74) is 7.27. The lowest BCUT2D eigenvalue weighted by Crippen LogP contribution is -2.10.